The van der Waals surface area contributed by atoms with E-state index >= 15 is 0 Å². The molecule has 0 spiro atoms. The molecule has 120 valence electrons. The van der Waals surface area contributed by atoms with Gasteiger partial charge in [0.1, 0.15) is 6.61 Å². The van der Waals surface area contributed by atoms with E-state index in [2.05, 4.69) is 20.8 Å². The third-order valence-electron chi connectivity index (χ3n) is 3.59. The average molecular weight is 307 g/mol. The topological polar surface area (TPSA) is 86.5 Å². The summed E-state index contributed by atoms with van der Waals surface area (Å²) in [7, 11) is -3.61. The fourth-order valence-corrected chi connectivity index (χ4v) is 2.43. The molecular formula is C14H29NO4S. The smallest absolute Gasteiger partial charge is 0.312 e. The highest BCUT2D eigenvalue weighted by Crippen LogP contribution is 2.47. The van der Waals surface area contributed by atoms with Gasteiger partial charge in [0, 0.05) is 0 Å². The van der Waals surface area contributed by atoms with Gasteiger partial charge in [0.15, 0.2) is 0 Å². The predicted molar refractivity (Wildman–Crippen MR) is 80.6 cm³/mol. The first-order valence-electron chi connectivity index (χ1n) is 6.76. The van der Waals surface area contributed by atoms with Crippen molar-refractivity contribution in [3.8, 4) is 0 Å². The molecule has 0 aromatic heterocycles. The van der Waals surface area contributed by atoms with Gasteiger partial charge in [-0.1, -0.05) is 41.5 Å². The van der Waals surface area contributed by atoms with Gasteiger partial charge in [-0.05, 0) is 24.2 Å². The molecule has 0 radical (unpaired) electrons. The highest BCUT2D eigenvalue weighted by Gasteiger charge is 2.47. The zero-order valence-corrected chi connectivity index (χ0v) is 14.6. The van der Waals surface area contributed by atoms with Crippen molar-refractivity contribution in [1.29, 1.82) is 0 Å². The molecule has 0 saturated heterocycles. The maximum atomic E-state index is 12.4. The SMILES string of the molecule is CC(C)(C)CC(C)(C(=O)OCCS(N)(=O)=O)C(C)(C)C. The van der Waals surface area contributed by atoms with Crippen molar-refractivity contribution in [2.75, 3.05) is 12.4 Å². The Balaban J connectivity index is 5.02. The van der Waals surface area contributed by atoms with Crippen molar-refractivity contribution in [3.05, 3.63) is 0 Å². The molecule has 0 heterocycles. The van der Waals surface area contributed by atoms with Crippen molar-refractivity contribution in [1.82, 2.24) is 0 Å². The van der Waals surface area contributed by atoms with Crippen molar-refractivity contribution in [2.45, 2.75) is 54.9 Å². The Kier molecular flexibility index (Phi) is 5.83. The largest absolute Gasteiger partial charge is 0.464 e. The summed E-state index contributed by atoms with van der Waals surface area (Å²) in [6.45, 7) is 13.8. The van der Waals surface area contributed by atoms with Gasteiger partial charge < -0.3 is 4.74 Å². The minimum Gasteiger partial charge on any atom is -0.464 e. The summed E-state index contributed by atoms with van der Waals surface area (Å²) < 4.78 is 26.9. The number of esters is 1. The Hall–Kier alpha value is -0.620. The van der Waals surface area contributed by atoms with Crippen LogP contribution < -0.4 is 5.14 Å². The minimum atomic E-state index is -3.61. The summed E-state index contributed by atoms with van der Waals surface area (Å²) in [6, 6.07) is 0. The van der Waals surface area contributed by atoms with Crippen molar-refractivity contribution < 1.29 is 17.9 Å². The molecule has 0 fully saturated rings. The van der Waals surface area contributed by atoms with Gasteiger partial charge in [-0.3, -0.25) is 4.79 Å². The Morgan fingerprint density at radius 3 is 1.80 bits per heavy atom. The Bertz CT molecular complexity index is 443. The number of carbonyl (C=O) groups is 1. The molecule has 0 aromatic rings. The highest BCUT2D eigenvalue weighted by atomic mass is 32.2. The van der Waals surface area contributed by atoms with Gasteiger partial charge in [-0.15, -0.1) is 0 Å². The monoisotopic (exact) mass is 307 g/mol. The highest BCUT2D eigenvalue weighted by molar-refractivity contribution is 7.89. The molecule has 1 unspecified atom stereocenters. The van der Waals surface area contributed by atoms with Crippen molar-refractivity contribution in [3.63, 3.8) is 0 Å². The molecule has 6 heteroatoms. The van der Waals surface area contributed by atoms with Crippen LogP contribution in [0, 0.1) is 16.2 Å². The summed E-state index contributed by atoms with van der Waals surface area (Å²) in [5.41, 5.74) is -1.02. The van der Waals surface area contributed by atoms with Crippen LogP contribution in [0.2, 0.25) is 0 Å². The third kappa shape index (κ3) is 6.22. The number of ether oxygens (including phenoxy) is 1. The fourth-order valence-electron chi connectivity index (χ4n) is 2.11. The second-order valence-corrected chi connectivity index (χ2v) is 9.56. The molecule has 1 atom stereocenters. The molecule has 0 aliphatic heterocycles. The van der Waals surface area contributed by atoms with E-state index in [-0.39, 0.29) is 29.2 Å². The standard InChI is InChI=1S/C14H29NO4S/c1-12(2,3)10-14(7,13(4,5)6)11(16)19-8-9-20(15,17)18/h8-10H2,1-7H3,(H2,15,17,18). The zero-order chi connectivity index (χ0) is 16.4. The molecule has 2 N–H and O–H groups in total. The predicted octanol–water partition coefficient (Wildman–Crippen LogP) is 2.31. The Morgan fingerprint density at radius 2 is 1.50 bits per heavy atom. The lowest BCUT2D eigenvalue weighted by Gasteiger charge is -2.43. The molecule has 0 aliphatic rings. The van der Waals surface area contributed by atoms with Crippen LogP contribution in [-0.4, -0.2) is 26.7 Å². The van der Waals surface area contributed by atoms with Gasteiger partial charge in [-0.25, -0.2) is 13.6 Å². The second kappa shape index (κ2) is 6.02. The first-order valence-corrected chi connectivity index (χ1v) is 8.48. The van der Waals surface area contributed by atoms with Gasteiger partial charge in [0.05, 0.1) is 11.2 Å². The number of nitrogens with two attached hydrogens (primary N) is 1. The molecule has 20 heavy (non-hydrogen) atoms. The third-order valence-corrected chi connectivity index (χ3v) is 4.33. The molecule has 0 bridgehead atoms. The van der Waals surface area contributed by atoms with Crippen LogP contribution in [0.5, 0.6) is 0 Å². The summed E-state index contributed by atoms with van der Waals surface area (Å²) in [4.78, 5) is 12.4. The van der Waals surface area contributed by atoms with E-state index in [0.717, 1.165) is 0 Å². The number of primary sulfonamides is 1. The molecule has 0 rings (SSSR count). The maximum absolute atomic E-state index is 12.4. The molecule has 5 nitrogen and oxygen atoms in total. The minimum absolute atomic E-state index is 0.0407. The van der Waals surface area contributed by atoms with Crippen LogP contribution >= 0.6 is 0 Å². The number of rotatable bonds is 5. The lowest BCUT2D eigenvalue weighted by Crippen LogP contribution is -2.44. The van der Waals surface area contributed by atoms with Crippen LogP contribution in [0.4, 0.5) is 0 Å². The van der Waals surface area contributed by atoms with E-state index in [1.807, 2.05) is 27.7 Å². The molecular weight excluding hydrogens is 278 g/mol. The quantitative estimate of drug-likeness (QED) is 0.790. The van der Waals surface area contributed by atoms with Gasteiger partial charge in [-0.2, -0.15) is 0 Å². The average Bonchev–Trinajstić information content (AvgIpc) is 2.10. The normalized spacial score (nSPS) is 16.6. The van der Waals surface area contributed by atoms with E-state index in [1.165, 1.54) is 0 Å². The summed E-state index contributed by atoms with van der Waals surface area (Å²) in [5, 5.41) is 4.90. The van der Waals surface area contributed by atoms with Crippen LogP contribution in [0.1, 0.15) is 54.9 Å². The maximum Gasteiger partial charge on any atom is 0.312 e. The number of hydrogen-bond acceptors (Lipinski definition) is 4. The van der Waals surface area contributed by atoms with Gasteiger partial charge in [0.2, 0.25) is 10.0 Å². The lowest BCUT2D eigenvalue weighted by molar-refractivity contribution is -0.164. The second-order valence-electron chi connectivity index (χ2n) is 7.82. The summed E-state index contributed by atoms with van der Waals surface area (Å²) >= 11 is 0. The molecule has 0 aliphatic carbocycles. The fraction of sp³-hybridized carbons (Fsp3) is 0.929. The van der Waals surface area contributed by atoms with Gasteiger partial charge in [0.25, 0.3) is 0 Å². The first-order chi connectivity index (χ1) is 8.58. The summed E-state index contributed by atoms with van der Waals surface area (Å²) in [5.74, 6) is -0.724. The van der Waals surface area contributed by atoms with Crippen molar-refractivity contribution in [2.24, 2.45) is 21.4 Å². The van der Waals surface area contributed by atoms with E-state index < -0.39 is 15.4 Å². The van der Waals surface area contributed by atoms with Gasteiger partial charge >= 0.3 is 5.97 Å². The molecule has 0 amide bonds. The van der Waals surface area contributed by atoms with E-state index in [9.17, 15) is 13.2 Å². The number of carbonyl (C=O) groups excluding carboxylic acids is 1. The Labute approximate surface area is 123 Å². The molecule has 0 saturated carbocycles. The van der Waals surface area contributed by atoms with E-state index in [0.29, 0.717) is 6.42 Å². The zero-order valence-electron chi connectivity index (χ0n) is 13.7. The van der Waals surface area contributed by atoms with Crippen LogP contribution in [0.25, 0.3) is 0 Å². The van der Waals surface area contributed by atoms with Crippen LogP contribution in [-0.2, 0) is 19.6 Å². The molecule has 0 aromatic carbocycles. The lowest BCUT2D eigenvalue weighted by atomic mass is 9.61. The van der Waals surface area contributed by atoms with Crippen molar-refractivity contribution >= 4 is 16.0 Å². The van der Waals surface area contributed by atoms with Crippen LogP contribution in [0.15, 0.2) is 0 Å². The van der Waals surface area contributed by atoms with E-state index in [1.54, 1.807) is 0 Å². The Morgan fingerprint density at radius 1 is 1.05 bits per heavy atom. The first kappa shape index (κ1) is 19.4. The summed E-state index contributed by atoms with van der Waals surface area (Å²) in [6.07, 6.45) is 0.651. The van der Waals surface area contributed by atoms with E-state index in [4.69, 9.17) is 9.88 Å². The van der Waals surface area contributed by atoms with Crippen LogP contribution in [0.3, 0.4) is 0 Å². The number of sulfonamides is 1. The number of hydrogen-bond donors (Lipinski definition) is 1.